The number of aryl methyl sites for hydroxylation is 2. The van der Waals surface area contributed by atoms with Crippen LogP contribution < -0.4 is 14.8 Å². The average molecular weight is 419 g/mol. The molecule has 0 saturated carbocycles. The Morgan fingerprint density at radius 3 is 2.83 bits per heavy atom. The van der Waals surface area contributed by atoms with E-state index in [4.69, 9.17) is 14.2 Å². The van der Waals surface area contributed by atoms with Crippen molar-refractivity contribution in [2.45, 2.75) is 32.5 Å². The topological polar surface area (TPSA) is 81.0 Å². The zero-order chi connectivity index (χ0) is 21.2. The van der Waals surface area contributed by atoms with Crippen LogP contribution in [-0.2, 0) is 17.8 Å². The fraction of sp³-hybridized carbons (Fsp3) is 0.591. The first kappa shape index (κ1) is 22.6. The van der Waals surface area contributed by atoms with E-state index in [2.05, 4.69) is 19.8 Å². The lowest BCUT2D eigenvalue weighted by Gasteiger charge is -2.28. The SMILES string of the molecule is COc1cc(CNCCCn2ccnc2C)ccc1OCC(O)CN1CCOCC1. The summed E-state index contributed by atoms with van der Waals surface area (Å²) in [5.74, 6) is 2.38. The molecule has 1 fully saturated rings. The standard InChI is InChI=1S/C22H34N4O4/c1-18-24-7-9-26(18)8-3-6-23-15-19-4-5-21(22(14-19)28-2)30-17-20(27)16-25-10-12-29-13-11-25/h4-5,7,9,14,20,23,27H,3,6,8,10-13,15-17H2,1-2H3. The third kappa shape index (κ3) is 6.98. The summed E-state index contributed by atoms with van der Waals surface area (Å²) in [6, 6.07) is 5.92. The van der Waals surface area contributed by atoms with Crippen LogP contribution in [0.4, 0.5) is 0 Å². The molecular weight excluding hydrogens is 384 g/mol. The van der Waals surface area contributed by atoms with Crippen LogP contribution in [0.3, 0.4) is 0 Å². The number of nitrogens with one attached hydrogen (secondary N) is 1. The summed E-state index contributed by atoms with van der Waals surface area (Å²) in [6.07, 6.45) is 4.33. The number of aliphatic hydroxyl groups is 1. The van der Waals surface area contributed by atoms with Crippen molar-refractivity contribution in [1.82, 2.24) is 19.8 Å². The van der Waals surface area contributed by atoms with Crippen molar-refractivity contribution in [2.75, 3.05) is 53.1 Å². The van der Waals surface area contributed by atoms with Crippen LogP contribution in [0, 0.1) is 6.92 Å². The molecule has 2 N–H and O–H groups in total. The zero-order valence-electron chi connectivity index (χ0n) is 18.0. The van der Waals surface area contributed by atoms with E-state index in [1.54, 1.807) is 7.11 Å². The lowest BCUT2D eigenvalue weighted by Crippen LogP contribution is -2.42. The fourth-order valence-electron chi connectivity index (χ4n) is 3.51. The number of morpholine rings is 1. The van der Waals surface area contributed by atoms with Gasteiger partial charge in [0, 0.05) is 45.1 Å². The second-order valence-electron chi connectivity index (χ2n) is 7.56. The second-order valence-corrected chi connectivity index (χ2v) is 7.56. The van der Waals surface area contributed by atoms with Gasteiger partial charge in [-0.05, 0) is 37.6 Å². The van der Waals surface area contributed by atoms with Gasteiger partial charge >= 0.3 is 0 Å². The normalized spacial score (nSPS) is 15.8. The molecule has 2 aromatic rings. The van der Waals surface area contributed by atoms with E-state index in [-0.39, 0.29) is 6.61 Å². The van der Waals surface area contributed by atoms with Gasteiger partial charge < -0.3 is 29.2 Å². The molecule has 1 unspecified atom stereocenters. The number of hydrogen-bond donors (Lipinski definition) is 2. The summed E-state index contributed by atoms with van der Waals surface area (Å²) in [5, 5.41) is 13.7. The Kier molecular flexibility index (Phi) is 8.95. The summed E-state index contributed by atoms with van der Waals surface area (Å²) in [5.41, 5.74) is 1.13. The number of hydrogen-bond acceptors (Lipinski definition) is 7. The predicted molar refractivity (Wildman–Crippen MR) is 115 cm³/mol. The van der Waals surface area contributed by atoms with Gasteiger partial charge in [0.15, 0.2) is 11.5 Å². The van der Waals surface area contributed by atoms with Gasteiger partial charge in [-0.25, -0.2) is 4.98 Å². The molecule has 0 spiro atoms. The molecule has 1 aliphatic rings. The third-order valence-corrected chi connectivity index (χ3v) is 5.24. The van der Waals surface area contributed by atoms with E-state index < -0.39 is 6.10 Å². The largest absolute Gasteiger partial charge is 0.493 e. The van der Waals surface area contributed by atoms with Crippen LogP contribution in [0.1, 0.15) is 17.8 Å². The fourth-order valence-corrected chi connectivity index (χ4v) is 3.51. The zero-order valence-corrected chi connectivity index (χ0v) is 18.0. The van der Waals surface area contributed by atoms with Gasteiger partial charge in [0.1, 0.15) is 18.5 Å². The molecule has 1 atom stereocenters. The van der Waals surface area contributed by atoms with Crippen LogP contribution in [-0.4, -0.2) is 78.8 Å². The maximum Gasteiger partial charge on any atom is 0.161 e. The smallest absolute Gasteiger partial charge is 0.161 e. The Bertz CT molecular complexity index is 761. The molecule has 8 nitrogen and oxygen atoms in total. The van der Waals surface area contributed by atoms with E-state index in [0.717, 1.165) is 63.7 Å². The van der Waals surface area contributed by atoms with Gasteiger partial charge in [0.25, 0.3) is 0 Å². The van der Waals surface area contributed by atoms with E-state index in [0.29, 0.717) is 18.0 Å². The predicted octanol–water partition coefficient (Wildman–Crippen LogP) is 1.45. The molecule has 1 aromatic carbocycles. The summed E-state index contributed by atoms with van der Waals surface area (Å²) in [7, 11) is 1.64. The number of β-amino-alcohol motifs (C(OH)–C–C–N with tert-alkyl or cyclic N) is 1. The van der Waals surface area contributed by atoms with Gasteiger partial charge in [0.2, 0.25) is 0 Å². The van der Waals surface area contributed by atoms with Crippen LogP contribution in [0.25, 0.3) is 0 Å². The van der Waals surface area contributed by atoms with Crippen molar-refractivity contribution >= 4 is 0 Å². The lowest BCUT2D eigenvalue weighted by atomic mass is 10.2. The highest BCUT2D eigenvalue weighted by atomic mass is 16.5. The number of methoxy groups -OCH3 is 1. The number of nitrogens with zero attached hydrogens (tertiary/aromatic N) is 3. The Labute approximate surface area is 178 Å². The molecule has 2 heterocycles. The van der Waals surface area contributed by atoms with Crippen molar-refractivity contribution in [2.24, 2.45) is 0 Å². The third-order valence-electron chi connectivity index (χ3n) is 5.24. The van der Waals surface area contributed by atoms with Crippen LogP contribution in [0.2, 0.25) is 0 Å². The van der Waals surface area contributed by atoms with Gasteiger partial charge in [-0.15, -0.1) is 0 Å². The first-order valence-electron chi connectivity index (χ1n) is 10.6. The number of aliphatic hydroxyl groups excluding tert-OH is 1. The first-order valence-corrected chi connectivity index (χ1v) is 10.6. The average Bonchev–Trinajstić information content (AvgIpc) is 3.17. The van der Waals surface area contributed by atoms with Crippen molar-refractivity contribution < 1.29 is 19.3 Å². The summed E-state index contributed by atoms with van der Waals surface area (Å²) in [6.45, 7) is 8.64. The first-order chi connectivity index (χ1) is 14.7. The van der Waals surface area contributed by atoms with E-state index in [1.165, 1.54) is 0 Å². The van der Waals surface area contributed by atoms with Gasteiger partial charge in [-0.2, -0.15) is 0 Å². The minimum Gasteiger partial charge on any atom is -0.493 e. The molecule has 8 heteroatoms. The lowest BCUT2D eigenvalue weighted by molar-refractivity contribution is 0.00445. The van der Waals surface area contributed by atoms with Crippen molar-refractivity contribution in [3.05, 3.63) is 42.0 Å². The quantitative estimate of drug-likeness (QED) is 0.505. The van der Waals surface area contributed by atoms with Crippen molar-refractivity contribution in [3.8, 4) is 11.5 Å². The van der Waals surface area contributed by atoms with Crippen molar-refractivity contribution in [3.63, 3.8) is 0 Å². The summed E-state index contributed by atoms with van der Waals surface area (Å²) >= 11 is 0. The van der Waals surface area contributed by atoms with Crippen LogP contribution >= 0.6 is 0 Å². The molecule has 1 saturated heterocycles. The summed E-state index contributed by atoms with van der Waals surface area (Å²) < 4.78 is 18.8. The number of imidazole rings is 1. The monoisotopic (exact) mass is 418 g/mol. The molecule has 30 heavy (non-hydrogen) atoms. The highest BCUT2D eigenvalue weighted by Gasteiger charge is 2.16. The molecule has 1 aliphatic heterocycles. The van der Waals surface area contributed by atoms with E-state index in [9.17, 15) is 5.11 Å². The molecule has 0 amide bonds. The Morgan fingerprint density at radius 1 is 1.27 bits per heavy atom. The number of benzene rings is 1. The number of aromatic nitrogens is 2. The molecule has 0 aliphatic carbocycles. The maximum atomic E-state index is 10.3. The molecule has 166 valence electrons. The molecule has 0 radical (unpaired) electrons. The minimum absolute atomic E-state index is 0.235. The summed E-state index contributed by atoms with van der Waals surface area (Å²) in [4.78, 5) is 6.43. The van der Waals surface area contributed by atoms with E-state index >= 15 is 0 Å². The van der Waals surface area contributed by atoms with Gasteiger partial charge in [-0.1, -0.05) is 6.07 Å². The van der Waals surface area contributed by atoms with Gasteiger partial charge in [-0.3, -0.25) is 4.90 Å². The van der Waals surface area contributed by atoms with Crippen LogP contribution in [0.5, 0.6) is 11.5 Å². The highest BCUT2D eigenvalue weighted by molar-refractivity contribution is 5.43. The Hall–Kier alpha value is -2.13. The maximum absolute atomic E-state index is 10.3. The van der Waals surface area contributed by atoms with Gasteiger partial charge in [0.05, 0.1) is 20.3 Å². The molecule has 3 rings (SSSR count). The van der Waals surface area contributed by atoms with Crippen molar-refractivity contribution in [1.29, 1.82) is 0 Å². The van der Waals surface area contributed by atoms with Crippen LogP contribution in [0.15, 0.2) is 30.6 Å². The Morgan fingerprint density at radius 2 is 2.10 bits per heavy atom. The molecule has 1 aromatic heterocycles. The number of ether oxygens (including phenoxy) is 3. The molecule has 0 bridgehead atoms. The molecular formula is C22H34N4O4. The Balaban J connectivity index is 1.39. The second kappa shape index (κ2) is 11.9. The van der Waals surface area contributed by atoms with E-state index in [1.807, 2.05) is 37.5 Å². The number of rotatable bonds is 12. The highest BCUT2D eigenvalue weighted by Crippen LogP contribution is 2.28. The minimum atomic E-state index is -0.548.